The van der Waals surface area contributed by atoms with E-state index in [9.17, 15) is 0 Å². The Morgan fingerprint density at radius 2 is 0.600 bits per heavy atom. The minimum Gasteiger partial charge on any atom is -0.870 e. The molecule has 0 aromatic heterocycles. The molecule has 0 unspecified atom stereocenters. The fraction of sp³-hybridized carbons (Fsp3) is 0. The molecule has 0 aromatic carbocycles. The Bertz CT molecular complexity index is 6.85. The maximum absolute atomic E-state index is 0. The molecule has 0 saturated carbocycles. The van der Waals surface area contributed by atoms with Crippen LogP contribution in [0.2, 0.25) is 0 Å². The largest absolute Gasteiger partial charge is 3.00 e. The predicted molar refractivity (Wildman–Crippen MR) is 11.6 cm³/mol. The van der Waals surface area contributed by atoms with Gasteiger partial charge in [-0.2, -0.15) is 0 Å². The van der Waals surface area contributed by atoms with Crippen molar-refractivity contribution >= 4 is 17.4 Å². The zero-order valence-corrected chi connectivity index (χ0v) is 5.42. The fourth-order valence-electron chi connectivity index (χ4n) is 0. The second kappa shape index (κ2) is 43.9. The summed E-state index contributed by atoms with van der Waals surface area (Å²) < 4.78 is 0. The molecule has 3 nitrogen and oxygen atoms in total. The molecule has 0 amide bonds. The van der Waals surface area contributed by atoms with Crippen LogP contribution in [0.15, 0.2) is 0 Å². The van der Waals surface area contributed by atoms with Crippen LogP contribution in [0, 0.1) is 38.2 Å². The molecule has 0 bridgehead atoms. The summed E-state index contributed by atoms with van der Waals surface area (Å²) in [5.41, 5.74) is 0. The molecule has 0 saturated heterocycles. The van der Waals surface area contributed by atoms with E-state index in [1.54, 1.807) is 0 Å². The smallest absolute Gasteiger partial charge is 0.870 e. The molecule has 0 atom stereocenters. The maximum Gasteiger partial charge on any atom is 3.00 e. The summed E-state index contributed by atoms with van der Waals surface area (Å²) in [5.74, 6) is 0. The molecule has 0 aliphatic heterocycles. The maximum atomic E-state index is 0. The molecule has 3 N–H and O–H groups in total. The normalized spacial score (nSPS) is 0. The SMILES string of the molecule is [Al].[Dy+3].[OH-].[OH-].[OH-]. The fourth-order valence-corrected chi connectivity index (χ4v) is 0. The molecule has 0 heterocycles. The van der Waals surface area contributed by atoms with Crippen molar-refractivity contribution in [2.75, 3.05) is 0 Å². The van der Waals surface area contributed by atoms with Crippen LogP contribution < -0.4 is 0 Å². The van der Waals surface area contributed by atoms with Gasteiger partial charge >= 0.3 is 38.2 Å². The van der Waals surface area contributed by atoms with Gasteiger partial charge < -0.3 is 16.4 Å². The Morgan fingerprint density at radius 1 is 0.600 bits per heavy atom. The zero-order valence-electron chi connectivity index (χ0n) is 2.24. The minimum atomic E-state index is 0. The van der Waals surface area contributed by atoms with E-state index in [2.05, 4.69) is 0 Å². The first-order valence-electron chi connectivity index (χ1n) is 0. The van der Waals surface area contributed by atoms with Gasteiger partial charge in [-0.25, -0.2) is 0 Å². The molecule has 34 valence electrons. The second-order valence-corrected chi connectivity index (χ2v) is 0. The van der Waals surface area contributed by atoms with Gasteiger partial charge in [-0.05, 0) is 0 Å². The average Bonchev–Trinajstić information content (AvgIpc) is 0. The van der Waals surface area contributed by atoms with E-state index in [1.165, 1.54) is 0 Å². The topological polar surface area (TPSA) is 90.0 Å². The van der Waals surface area contributed by atoms with Crippen molar-refractivity contribution < 1.29 is 54.6 Å². The van der Waals surface area contributed by atoms with Crippen LogP contribution in [0.1, 0.15) is 0 Å². The minimum absolute atomic E-state index is 0. The summed E-state index contributed by atoms with van der Waals surface area (Å²) in [7, 11) is 0. The van der Waals surface area contributed by atoms with Crippen LogP contribution >= 0.6 is 0 Å². The Labute approximate surface area is 71.2 Å². The third-order valence-electron chi connectivity index (χ3n) is 0. The van der Waals surface area contributed by atoms with Crippen LogP contribution in [-0.2, 0) is 0 Å². The van der Waals surface area contributed by atoms with E-state index in [-0.39, 0.29) is 72.0 Å². The van der Waals surface area contributed by atoms with E-state index < -0.39 is 0 Å². The van der Waals surface area contributed by atoms with E-state index in [0.29, 0.717) is 0 Å². The predicted octanol–water partition coefficient (Wildman–Crippen LogP) is -0.911. The van der Waals surface area contributed by atoms with Gasteiger partial charge in [0.25, 0.3) is 0 Å². The van der Waals surface area contributed by atoms with Crippen molar-refractivity contribution in [3.05, 3.63) is 0 Å². The monoisotopic (exact) mass is 242 g/mol. The van der Waals surface area contributed by atoms with Gasteiger partial charge in [0.2, 0.25) is 0 Å². The molecule has 0 rings (SSSR count). The van der Waals surface area contributed by atoms with Gasteiger partial charge in [0.05, 0.1) is 0 Å². The van der Waals surface area contributed by atoms with Gasteiger partial charge in [-0.15, -0.1) is 0 Å². The van der Waals surface area contributed by atoms with E-state index in [1.807, 2.05) is 0 Å². The van der Waals surface area contributed by atoms with Crippen molar-refractivity contribution in [1.29, 1.82) is 0 Å². The molecule has 0 spiro atoms. The molecular weight excluding hydrogens is 237 g/mol. The summed E-state index contributed by atoms with van der Waals surface area (Å²) in [6, 6.07) is 0. The van der Waals surface area contributed by atoms with Crippen molar-refractivity contribution in [3.63, 3.8) is 0 Å². The van der Waals surface area contributed by atoms with Crippen molar-refractivity contribution in [2.45, 2.75) is 0 Å². The summed E-state index contributed by atoms with van der Waals surface area (Å²) >= 11 is 0. The second-order valence-electron chi connectivity index (χ2n) is 0. The van der Waals surface area contributed by atoms with Crippen LogP contribution in [-0.4, -0.2) is 33.8 Å². The van der Waals surface area contributed by atoms with Crippen LogP contribution in [0.4, 0.5) is 0 Å². The van der Waals surface area contributed by atoms with E-state index >= 15 is 0 Å². The number of hydrogen-bond donors (Lipinski definition) is 0. The third-order valence-corrected chi connectivity index (χ3v) is 0. The standard InChI is InChI=1S/Al.Dy.3H2O/h;;3*1H2/q;+3;;;/p-3. The molecule has 0 aromatic rings. The Hall–Kier alpha value is 1.69. The van der Waals surface area contributed by atoms with Gasteiger partial charge in [0, 0.05) is 17.4 Å². The molecule has 0 fully saturated rings. The van der Waals surface area contributed by atoms with Crippen LogP contribution in [0.3, 0.4) is 0 Å². The Morgan fingerprint density at radius 3 is 0.600 bits per heavy atom. The first kappa shape index (κ1) is 76.1. The zero-order chi connectivity index (χ0) is 0. The van der Waals surface area contributed by atoms with E-state index in [4.69, 9.17) is 0 Å². The Kier molecular flexibility index (Phi) is 669. The molecule has 5 heavy (non-hydrogen) atoms. The van der Waals surface area contributed by atoms with E-state index in [0.717, 1.165) is 0 Å². The van der Waals surface area contributed by atoms with Gasteiger partial charge in [-0.3, -0.25) is 0 Å². The van der Waals surface area contributed by atoms with Gasteiger partial charge in [0.15, 0.2) is 0 Å². The quantitative estimate of drug-likeness (QED) is 0.513. The van der Waals surface area contributed by atoms with Crippen molar-refractivity contribution in [3.8, 4) is 0 Å². The molecular formula is H3AlDyO3. The molecule has 4 radical (unpaired) electrons. The van der Waals surface area contributed by atoms with Crippen LogP contribution in [0.5, 0.6) is 0 Å². The number of hydrogen-bond acceptors (Lipinski definition) is 3. The first-order valence-corrected chi connectivity index (χ1v) is 0. The van der Waals surface area contributed by atoms with Crippen molar-refractivity contribution in [1.82, 2.24) is 0 Å². The Balaban J connectivity index is 0. The summed E-state index contributed by atoms with van der Waals surface area (Å²) in [6.07, 6.45) is 0. The number of rotatable bonds is 0. The van der Waals surface area contributed by atoms with Gasteiger partial charge in [0.1, 0.15) is 0 Å². The average molecular weight is 241 g/mol. The first-order chi connectivity index (χ1) is 0. The molecule has 5 heteroatoms. The summed E-state index contributed by atoms with van der Waals surface area (Å²) in [4.78, 5) is 0. The third kappa shape index (κ3) is 27.2. The molecule has 0 aliphatic rings. The summed E-state index contributed by atoms with van der Waals surface area (Å²) in [5, 5.41) is 0. The molecule has 0 aliphatic carbocycles. The van der Waals surface area contributed by atoms with Crippen LogP contribution in [0.25, 0.3) is 0 Å². The van der Waals surface area contributed by atoms with Gasteiger partial charge in [-0.1, -0.05) is 0 Å². The summed E-state index contributed by atoms with van der Waals surface area (Å²) in [6.45, 7) is 0. The van der Waals surface area contributed by atoms with Crippen molar-refractivity contribution in [2.24, 2.45) is 0 Å².